The van der Waals surface area contributed by atoms with Crippen LogP contribution >= 0.6 is 0 Å². The summed E-state index contributed by atoms with van der Waals surface area (Å²) < 4.78 is 16.6. The molecule has 26 heavy (non-hydrogen) atoms. The number of hydrogen-bond donors (Lipinski definition) is 0. The number of esters is 2. The molecule has 3 fully saturated rings. The first kappa shape index (κ1) is 16.4. The Hall–Kier alpha value is -1.78. The van der Waals surface area contributed by atoms with Gasteiger partial charge in [-0.15, -0.1) is 0 Å². The van der Waals surface area contributed by atoms with Crippen molar-refractivity contribution in [3.05, 3.63) is 23.7 Å². The molecule has 2 bridgehead atoms. The number of carbonyl (C=O) groups is 2. The van der Waals surface area contributed by atoms with Gasteiger partial charge >= 0.3 is 11.9 Å². The van der Waals surface area contributed by atoms with Crippen LogP contribution in [0.5, 0.6) is 0 Å². The first-order valence-electron chi connectivity index (χ1n) is 9.86. The van der Waals surface area contributed by atoms with Crippen molar-refractivity contribution >= 4 is 11.9 Å². The van der Waals surface area contributed by atoms with E-state index in [1.807, 2.05) is 0 Å². The number of rotatable bonds is 1. The van der Waals surface area contributed by atoms with Crippen LogP contribution in [0.4, 0.5) is 0 Å². The molecular weight excluding hydrogens is 332 g/mol. The molecule has 140 valence electrons. The van der Waals surface area contributed by atoms with E-state index in [0.717, 1.165) is 37.9 Å². The van der Waals surface area contributed by atoms with Gasteiger partial charge in [0, 0.05) is 11.8 Å². The van der Waals surface area contributed by atoms with Crippen molar-refractivity contribution in [2.24, 2.45) is 28.6 Å². The molecule has 5 nitrogen and oxygen atoms in total. The van der Waals surface area contributed by atoms with Crippen LogP contribution in [0.3, 0.4) is 0 Å². The number of ether oxygens (including phenoxy) is 2. The Morgan fingerprint density at radius 1 is 1.31 bits per heavy atom. The number of fused-ring (bicyclic) bond motifs is 2. The van der Waals surface area contributed by atoms with Crippen LogP contribution in [-0.2, 0) is 25.5 Å². The average Bonchev–Trinajstić information content (AvgIpc) is 3.13. The highest BCUT2D eigenvalue weighted by molar-refractivity contribution is 6.01. The molecular formula is C21H26O5. The van der Waals surface area contributed by atoms with Crippen molar-refractivity contribution in [2.45, 2.75) is 51.4 Å². The van der Waals surface area contributed by atoms with Crippen molar-refractivity contribution < 1.29 is 23.5 Å². The lowest BCUT2D eigenvalue weighted by Crippen LogP contribution is -2.66. The van der Waals surface area contributed by atoms with Gasteiger partial charge in [-0.05, 0) is 61.0 Å². The Labute approximate surface area is 153 Å². The third kappa shape index (κ3) is 1.77. The predicted octanol–water partition coefficient (Wildman–Crippen LogP) is 3.47. The summed E-state index contributed by atoms with van der Waals surface area (Å²) in [5.74, 6) is 1.77. The average molecular weight is 358 g/mol. The van der Waals surface area contributed by atoms with E-state index in [2.05, 4.69) is 13.0 Å². The topological polar surface area (TPSA) is 65.7 Å². The normalized spacial score (nSPS) is 43.5. The summed E-state index contributed by atoms with van der Waals surface area (Å²) in [6.07, 6.45) is 7.11. The molecule has 0 radical (unpaired) electrons. The van der Waals surface area contributed by atoms with Crippen molar-refractivity contribution in [2.75, 3.05) is 13.7 Å². The molecule has 1 aromatic heterocycles. The fraction of sp³-hybridized carbons (Fsp3) is 0.714. The summed E-state index contributed by atoms with van der Waals surface area (Å²) in [6, 6.07) is 2.11. The van der Waals surface area contributed by atoms with Crippen LogP contribution in [0.1, 0.15) is 56.3 Å². The maximum absolute atomic E-state index is 12.8. The van der Waals surface area contributed by atoms with Gasteiger partial charge in [-0.25, -0.2) is 0 Å². The first-order valence-corrected chi connectivity index (χ1v) is 9.86. The van der Waals surface area contributed by atoms with Gasteiger partial charge in [-0.2, -0.15) is 0 Å². The highest BCUT2D eigenvalue weighted by Gasteiger charge is 2.70. The molecule has 0 spiro atoms. The van der Waals surface area contributed by atoms with Crippen LogP contribution in [0.15, 0.2) is 16.7 Å². The molecule has 2 saturated carbocycles. The zero-order chi connectivity index (χ0) is 18.1. The largest absolute Gasteiger partial charge is 0.469 e. The highest BCUT2D eigenvalue weighted by Crippen LogP contribution is 2.67. The lowest BCUT2D eigenvalue weighted by atomic mass is 9.42. The molecule has 5 heteroatoms. The van der Waals surface area contributed by atoms with Gasteiger partial charge in [0.25, 0.3) is 0 Å². The second kappa shape index (κ2) is 5.37. The van der Waals surface area contributed by atoms with E-state index in [1.165, 1.54) is 12.7 Å². The molecule has 2 heterocycles. The quantitative estimate of drug-likeness (QED) is 0.568. The summed E-state index contributed by atoms with van der Waals surface area (Å²) in [5.41, 5.74) is 0.120. The van der Waals surface area contributed by atoms with Crippen LogP contribution in [-0.4, -0.2) is 25.7 Å². The monoisotopic (exact) mass is 358 g/mol. The van der Waals surface area contributed by atoms with Gasteiger partial charge in [0.15, 0.2) is 5.41 Å². The van der Waals surface area contributed by atoms with Gasteiger partial charge in [-0.1, -0.05) is 13.3 Å². The minimum absolute atomic E-state index is 0.0300. The van der Waals surface area contributed by atoms with Crippen LogP contribution in [0.25, 0.3) is 0 Å². The zero-order valence-corrected chi connectivity index (χ0v) is 15.5. The molecule has 6 unspecified atom stereocenters. The van der Waals surface area contributed by atoms with Crippen LogP contribution in [0.2, 0.25) is 0 Å². The van der Waals surface area contributed by atoms with E-state index < -0.39 is 11.4 Å². The third-order valence-electron chi connectivity index (χ3n) is 8.25. The Bertz CT molecular complexity index is 756. The zero-order valence-electron chi connectivity index (χ0n) is 15.5. The second-order valence-electron chi connectivity index (χ2n) is 8.82. The number of furan rings is 1. The van der Waals surface area contributed by atoms with Gasteiger partial charge in [0.2, 0.25) is 0 Å². The number of carbonyl (C=O) groups excluding carboxylic acids is 2. The third-order valence-corrected chi connectivity index (χ3v) is 8.25. The SMILES string of the molecule is COC(=O)C12CCCC3(COC1=O)C1Cc4occc4C(C)C1CCC23. The molecule has 0 N–H and O–H groups in total. The molecule has 1 saturated heterocycles. The maximum Gasteiger partial charge on any atom is 0.323 e. The summed E-state index contributed by atoms with van der Waals surface area (Å²) in [7, 11) is 1.39. The first-order chi connectivity index (χ1) is 12.5. The van der Waals surface area contributed by atoms with E-state index in [1.54, 1.807) is 6.26 Å². The van der Waals surface area contributed by atoms with Crippen molar-refractivity contribution in [1.82, 2.24) is 0 Å². The fourth-order valence-electron chi connectivity index (χ4n) is 7.17. The van der Waals surface area contributed by atoms with Crippen molar-refractivity contribution in [3.63, 3.8) is 0 Å². The number of cyclic esters (lactones) is 1. The maximum atomic E-state index is 12.8. The van der Waals surface area contributed by atoms with Crippen LogP contribution < -0.4 is 0 Å². The minimum atomic E-state index is -1.09. The molecule has 1 aliphatic heterocycles. The summed E-state index contributed by atoms with van der Waals surface area (Å²) in [4.78, 5) is 25.6. The van der Waals surface area contributed by atoms with E-state index in [-0.39, 0.29) is 17.3 Å². The van der Waals surface area contributed by atoms with Crippen molar-refractivity contribution in [1.29, 1.82) is 0 Å². The van der Waals surface area contributed by atoms with Gasteiger partial charge < -0.3 is 13.9 Å². The van der Waals surface area contributed by atoms with E-state index in [9.17, 15) is 9.59 Å². The molecule has 5 rings (SSSR count). The lowest BCUT2D eigenvalue weighted by Gasteiger charge is -2.63. The molecule has 4 aliphatic rings. The second-order valence-corrected chi connectivity index (χ2v) is 8.82. The van der Waals surface area contributed by atoms with E-state index in [0.29, 0.717) is 30.8 Å². The van der Waals surface area contributed by atoms with E-state index in [4.69, 9.17) is 13.9 Å². The van der Waals surface area contributed by atoms with Gasteiger partial charge in [0.1, 0.15) is 5.76 Å². The van der Waals surface area contributed by atoms with Crippen LogP contribution in [0, 0.1) is 28.6 Å². The standard InChI is InChI=1S/C21H26O5/c1-12-13-4-5-17-20(15(13)10-16-14(12)6-9-25-16)7-3-8-21(17,18(22)24-2)19(23)26-11-20/h6,9,12-13,15,17H,3-5,7-8,10-11H2,1-2H3. The molecule has 6 atom stereocenters. The summed E-state index contributed by atoms with van der Waals surface area (Å²) in [5, 5.41) is 0. The minimum Gasteiger partial charge on any atom is -0.469 e. The molecule has 1 aromatic rings. The lowest BCUT2D eigenvalue weighted by molar-refractivity contribution is -0.229. The fourth-order valence-corrected chi connectivity index (χ4v) is 7.17. The smallest absolute Gasteiger partial charge is 0.323 e. The molecule has 0 amide bonds. The summed E-state index contributed by atoms with van der Waals surface area (Å²) >= 11 is 0. The Kier molecular flexibility index (Phi) is 3.38. The number of methoxy groups -OCH3 is 1. The Morgan fingerprint density at radius 2 is 2.15 bits per heavy atom. The summed E-state index contributed by atoms with van der Waals surface area (Å²) in [6.45, 7) is 2.74. The highest BCUT2D eigenvalue weighted by atomic mass is 16.6. The Balaban J connectivity index is 1.62. The van der Waals surface area contributed by atoms with Gasteiger partial charge in [-0.3, -0.25) is 9.59 Å². The van der Waals surface area contributed by atoms with Gasteiger partial charge in [0.05, 0.1) is 20.0 Å². The van der Waals surface area contributed by atoms with E-state index >= 15 is 0 Å². The predicted molar refractivity (Wildman–Crippen MR) is 92.2 cm³/mol. The number of hydrogen-bond acceptors (Lipinski definition) is 5. The Morgan fingerprint density at radius 3 is 2.96 bits per heavy atom. The van der Waals surface area contributed by atoms with Crippen molar-refractivity contribution in [3.8, 4) is 0 Å². The molecule has 0 aromatic carbocycles. The molecule has 3 aliphatic carbocycles.